The van der Waals surface area contributed by atoms with Gasteiger partial charge in [0.05, 0.1) is 13.4 Å². The number of ether oxygens (including phenoxy) is 1. The van der Waals surface area contributed by atoms with Gasteiger partial charge in [0.2, 0.25) is 10.0 Å². The molecule has 1 fully saturated rings. The first-order chi connectivity index (χ1) is 14.3. The number of aryl methyl sites for hydroxylation is 1. The quantitative estimate of drug-likeness (QED) is 0.726. The van der Waals surface area contributed by atoms with Crippen molar-refractivity contribution < 1.29 is 13.2 Å². The summed E-state index contributed by atoms with van der Waals surface area (Å²) in [5.74, 6) is 2.67. The molecule has 4 rings (SSSR count). The normalized spacial score (nSPS) is 20.1. The molecule has 8 heteroatoms. The number of nitrogens with zero attached hydrogens (tertiary/aromatic N) is 4. The van der Waals surface area contributed by atoms with E-state index in [0.717, 1.165) is 61.9 Å². The number of methoxy groups -OCH3 is 1. The average Bonchev–Trinajstić information content (AvgIpc) is 2.74. The van der Waals surface area contributed by atoms with E-state index in [9.17, 15) is 8.42 Å². The van der Waals surface area contributed by atoms with E-state index in [2.05, 4.69) is 24.0 Å². The standard InChI is InChI=1S/C22H30N4O3S/c1-16-20-10-6-11-25(14-17-7-4-9-19(13-17)29-2)22(20)24-21(23-16)18-8-5-12-26(15-18)30(3,27)28/h4,7,9,13,18H,5-6,8,10-12,14-15H2,1-3H3. The van der Waals surface area contributed by atoms with Crippen molar-refractivity contribution in [1.82, 2.24) is 14.3 Å². The smallest absolute Gasteiger partial charge is 0.211 e. The molecule has 1 aromatic carbocycles. The molecule has 1 unspecified atom stereocenters. The summed E-state index contributed by atoms with van der Waals surface area (Å²) in [4.78, 5) is 12.1. The van der Waals surface area contributed by atoms with Crippen molar-refractivity contribution in [1.29, 1.82) is 0 Å². The SMILES string of the molecule is COc1cccc(CN2CCCc3c(C)nc(C4CCCN(S(C)(=O)=O)C4)nc32)c1. The molecule has 7 nitrogen and oxygen atoms in total. The number of rotatable bonds is 5. The molecule has 1 atom stereocenters. The van der Waals surface area contributed by atoms with E-state index >= 15 is 0 Å². The molecule has 2 aliphatic heterocycles. The number of aromatic nitrogens is 2. The minimum atomic E-state index is -3.20. The van der Waals surface area contributed by atoms with Crippen LogP contribution in [0.4, 0.5) is 5.82 Å². The molecule has 30 heavy (non-hydrogen) atoms. The molecule has 1 aromatic heterocycles. The zero-order chi connectivity index (χ0) is 21.3. The topological polar surface area (TPSA) is 75.6 Å². The summed E-state index contributed by atoms with van der Waals surface area (Å²) in [6.45, 7) is 4.81. The minimum Gasteiger partial charge on any atom is -0.497 e. The molecule has 2 aromatic rings. The summed E-state index contributed by atoms with van der Waals surface area (Å²) < 4.78 is 31.0. The molecule has 0 bridgehead atoms. The maximum atomic E-state index is 12.0. The summed E-state index contributed by atoms with van der Waals surface area (Å²) in [5.41, 5.74) is 3.41. The first-order valence-electron chi connectivity index (χ1n) is 10.6. The Morgan fingerprint density at radius 1 is 1.20 bits per heavy atom. The molecule has 0 aliphatic carbocycles. The monoisotopic (exact) mass is 430 g/mol. The van der Waals surface area contributed by atoms with Crippen molar-refractivity contribution in [3.8, 4) is 5.75 Å². The number of piperidine rings is 1. The van der Waals surface area contributed by atoms with Crippen LogP contribution in [0.2, 0.25) is 0 Å². The van der Waals surface area contributed by atoms with Gasteiger partial charge in [-0.3, -0.25) is 0 Å². The van der Waals surface area contributed by atoms with Crippen LogP contribution in [0.1, 0.15) is 47.8 Å². The maximum Gasteiger partial charge on any atom is 0.211 e. The fraction of sp³-hybridized carbons (Fsp3) is 0.545. The second-order valence-electron chi connectivity index (χ2n) is 8.31. The molecule has 162 valence electrons. The van der Waals surface area contributed by atoms with Gasteiger partial charge >= 0.3 is 0 Å². The second-order valence-corrected chi connectivity index (χ2v) is 10.3. The first-order valence-corrected chi connectivity index (χ1v) is 12.4. The summed E-state index contributed by atoms with van der Waals surface area (Å²) in [5, 5.41) is 0. The third kappa shape index (κ3) is 4.44. The third-order valence-electron chi connectivity index (χ3n) is 6.09. The van der Waals surface area contributed by atoms with Crippen LogP contribution < -0.4 is 9.64 Å². The Balaban J connectivity index is 1.63. The summed E-state index contributed by atoms with van der Waals surface area (Å²) >= 11 is 0. The Hall–Kier alpha value is -2.19. The fourth-order valence-electron chi connectivity index (χ4n) is 4.49. The fourth-order valence-corrected chi connectivity index (χ4v) is 5.40. The van der Waals surface area contributed by atoms with Crippen molar-refractivity contribution in [2.24, 2.45) is 0 Å². The molecule has 0 spiro atoms. The van der Waals surface area contributed by atoms with Gasteiger partial charge in [0.1, 0.15) is 17.4 Å². The van der Waals surface area contributed by atoms with Crippen molar-refractivity contribution >= 4 is 15.8 Å². The Morgan fingerprint density at radius 2 is 2.03 bits per heavy atom. The van der Waals surface area contributed by atoms with Gasteiger partial charge in [-0.25, -0.2) is 22.7 Å². The van der Waals surface area contributed by atoms with Gasteiger partial charge < -0.3 is 9.64 Å². The van der Waals surface area contributed by atoms with E-state index in [1.165, 1.54) is 17.4 Å². The number of benzene rings is 1. The van der Waals surface area contributed by atoms with E-state index in [-0.39, 0.29) is 5.92 Å². The summed E-state index contributed by atoms with van der Waals surface area (Å²) in [6, 6.07) is 8.14. The maximum absolute atomic E-state index is 12.0. The van der Waals surface area contributed by atoms with Crippen molar-refractivity contribution in [2.75, 3.05) is 37.9 Å². The number of hydrogen-bond donors (Lipinski definition) is 0. The van der Waals surface area contributed by atoms with Crippen LogP contribution in [0.5, 0.6) is 5.75 Å². The molecular formula is C22H30N4O3S. The van der Waals surface area contributed by atoms with E-state index < -0.39 is 10.0 Å². The highest BCUT2D eigenvalue weighted by Crippen LogP contribution is 2.33. The molecule has 0 N–H and O–H groups in total. The predicted octanol–water partition coefficient (Wildman–Crippen LogP) is 2.89. The zero-order valence-electron chi connectivity index (χ0n) is 18.0. The summed E-state index contributed by atoms with van der Waals surface area (Å²) in [7, 11) is -1.51. The lowest BCUT2D eigenvalue weighted by molar-refractivity contribution is 0.310. The van der Waals surface area contributed by atoms with Crippen LogP contribution >= 0.6 is 0 Å². The van der Waals surface area contributed by atoms with Gasteiger partial charge in [-0.05, 0) is 50.3 Å². The lowest BCUT2D eigenvalue weighted by Gasteiger charge is -2.34. The highest BCUT2D eigenvalue weighted by Gasteiger charge is 2.30. The van der Waals surface area contributed by atoms with Gasteiger partial charge in [-0.15, -0.1) is 0 Å². The van der Waals surface area contributed by atoms with Crippen LogP contribution in [-0.4, -0.2) is 55.7 Å². The van der Waals surface area contributed by atoms with Gasteiger partial charge in [0.25, 0.3) is 0 Å². The lowest BCUT2D eigenvalue weighted by Crippen LogP contribution is -2.39. The van der Waals surface area contributed by atoms with Gasteiger partial charge in [-0.2, -0.15) is 0 Å². The van der Waals surface area contributed by atoms with Crippen molar-refractivity contribution in [3.63, 3.8) is 0 Å². The van der Waals surface area contributed by atoms with E-state index in [0.29, 0.717) is 13.1 Å². The van der Waals surface area contributed by atoms with Crippen LogP contribution in [-0.2, 0) is 23.0 Å². The highest BCUT2D eigenvalue weighted by atomic mass is 32.2. The number of sulfonamides is 1. The number of fused-ring (bicyclic) bond motifs is 1. The zero-order valence-corrected chi connectivity index (χ0v) is 18.8. The molecular weight excluding hydrogens is 400 g/mol. The van der Waals surface area contributed by atoms with E-state index in [1.54, 1.807) is 11.4 Å². The molecule has 0 amide bonds. The number of anilines is 1. The molecule has 0 radical (unpaired) electrons. The molecule has 2 aliphatic rings. The third-order valence-corrected chi connectivity index (χ3v) is 7.36. The van der Waals surface area contributed by atoms with Gasteiger partial charge in [0, 0.05) is 43.4 Å². The largest absolute Gasteiger partial charge is 0.497 e. The number of hydrogen-bond acceptors (Lipinski definition) is 6. The van der Waals surface area contributed by atoms with Crippen LogP contribution in [0.3, 0.4) is 0 Å². The first kappa shape index (κ1) is 21.1. The second kappa shape index (κ2) is 8.51. The van der Waals surface area contributed by atoms with E-state index in [1.807, 2.05) is 12.1 Å². The van der Waals surface area contributed by atoms with Crippen LogP contribution in [0, 0.1) is 6.92 Å². The van der Waals surface area contributed by atoms with E-state index in [4.69, 9.17) is 14.7 Å². The lowest BCUT2D eigenvalue weighted by atomic mass is 9.97. The molecule has 0 saturated carbocycles. The van der Waals surface area contributed by atoms with Crippen LogP contribution in [0.15, 0.2) is 24.3 Å². The predicted molar refractivity (Wildman–Crippen MR) is 118 cm³/mol. The van der Waals surface area contributed by atoms with Crippen LogP contribution in [0.25, 0.3) is 0 Å². The Labute approximate surface area is 179 Å². The Bertz CT molecular complexity index is 1030. The Kier molecular flexibility index (Phi) is 5.97. The average molecular weight is 431 g/mol. The van der Waals surface area contributed by atoms with Gasteiger partial charge in [0.15, 0.2) is 0 Å². The molecule has 1 saturated heterocycles. The minimum absolute atomic E-state index is 0.0399. The Morgan fingerprint density at radius 3 is 2.80 bits per heavy atom. The summed E-state index contributed by atoms with van der Waals surface area (Å²) in [6.07, 6.45) is 5.09. The van der Waals surface area contributed by atoms with Gasteiger partial charge in [-0.1, -0.05) is 12.1 Å². The van der Waals surface area contributed by atoms with Crippen molar-refractivity contribution in [3.05, 3.63) is 46.9 Å². The highest BCUT2D eigenvalue weighted by molar-refractivity contribution is 7.88. The van der Waals surface area contributed by atoms with Crippen molar-refractivity contribution in [2.45, 2.75) is 45.1 Å². The molecule has 3 heterocycles.